The second kappa shape index (κ2) is 6.86. The molecular weight excluding hydrogens is 320 g/mol. The van der Waals surface area contributed by atoms with Gasteiger partial charge in [0.1, 0.15) is 5.76 Å². The van der Waals surface area contributed by atoms with Gasteiger partial charge in [-0.25, -0.2) is 0 Å². The highest BCUT2D eigenvalue weighted by atomic mass is 16.5. The summed E-state index contributed by atoms with van der Waals surface area (Å²) in [6.07, 6.45) is 3.04. The van der Waals surface area contributed by atoms with E-state index < -0.39 is 0 Å². The molecule has 0 radical (unpaired) electrons. The van der Waals surface area contributed by atoms with Gasteiger partial charge in [0.05, 0.1) is 5.69 Å². The van der Waals surface area contributed by atoms with Crippen LogP contribution in [0, 0.1) is 27.7 Å². The third-order valence-electron chi connectivity index (χ3n) is 4.82. The van der Waals surface area contributed by atoms with Gasteiger partial charge in [0.2, 0.25) is 5.78 Å². The molecule has 6 nitrogen and oxygen atoms in total. The lowest BCUT2D eigenvalue weighted by Crippen LogP contribution is -2.15. The molecular formula is C19H24N2O4. The van der Waals surface area contributed by atoms with Crippen molar-refractivity contribution >= 4 is 11.8 Å². The number of aromatic nitrogens is 2. The molecule has 2 aromatic rings. The fraction of sp³-hybridized carbons (Fsp3) is 0.526. The van der Waals surface area contributed by atoms with Crippen molar-refractivity contribution in [2.24, 2.45) is 0 Å². The molecule has 1 aliphatic rings. The zero-order chi connectivity index (χ0) is 18.1. The molecule has 0 N–H and O–H groups in total. The summed E-state index contributed by atoms with van der Waals surface area (Å²) in [5.41, 5.74) is 4.43. The van der Waals surface area contributed by atoms with E-state index in [4.69, 9.17) is 9.26 Å². The van der Waals surface area contributed by atoms with Gasteiger partial charge in [-0.3, -0.25) is 9.59 Å². The Balaban J connectivity index is 1.54. The Hall–Kier alpha value is -2.37. The van der Waals surface area contributed by atoms with Crippen LogP contribution in [-0.2, 0) is 16.0 Å². The van der Waals surface area contributed by atoms with Crippen molar-refractivity contribution in [1.29, 1.82) is 0 Å². The molecule has 0 unspecified atom stereocenters. The van der Waals surface area contributed by atoms with E-state index in [-0.39, 0.29) is 24.8 Å². The van der Waals surface area contributed by atoms with Crippen molar-refractivity contribution in [1.82, 2.24) is 9.72 Å². The Morgan fingerprint density at radius 2 is 2.00 bits per heavy atom. The zero-order valence-electron chi connectivity index (χ0n) is 15.2. The van der Waals surface area contributed by atoms with E-state index in [1.807, 2.05) is 33.8 Å². The number of ether oxygens (including phenoxy) is 1. The van der Waals surface area contributed by atoms with Crippen LogP contribution in [-0.4, -0.2) is 28.1 Å². The van der Waals surface area contributed by atoms with Gasteiger partial charge in [-0.2, -0.15) is 0 Å². The van der Waals surface area contributed by atoms with Crippen LogP contribution >= 0.6 is 0 Å². The van der Waals surface area contributed by atoms with Gasteiger partial charge >= 0.3 is 5.97 Å². The van der Waals surface area contributed by atoms with Crippen molar-refractivity contribution in [3.05, 3.63) is 40.0 Å². The summed E-state index contributed by atoms with van der Waals surface area (Å²) in [4.78, 5) is 24.3. The maximum absolute atomic E-state index is 12.4. The molecule has 0 bridgehead atoms. The second-order valence-corrected chi connectivity index (χ2v) is 6.77. The molecule has 1 fully saturated rings. The number of esters is 1. The molecule has 2 heterocycles. The fourth-order valence-corrected chi connectivity index (χ4v) is 3.34. The van der Waals surface area contributed by atoms with Crippen LogP contribution in [0.15, 0.2) is 10.6 Å². The number of nitrogens with zero attached hydrogens (tertiary/aromatic N) is 2. The normalized spacial score (nSPS) is 13.9. The number of Topliss-reactive ketones (excluding diaryl/α,β-unsaturated/α-hetero) is 1. The third-order valence-corrected chi connectivity index (χ3v) is 4.82. The molecule has 0 saturated heterocycles. The highest BCUT2D eigenvalue weighted by molar-refractivity contribution is 5.99. The van der Waals surface area contributed by atoms with Crippen LogP contribution in [0.4, 0.5) is 0 Å². The molecule has 134 valence electrons. The molecule has 25 heavy (non-hydrogen) atoms. The second-order valence-electron chi connectivity index (χ2n) is 6.77. The summed E-state index contributed by atoms with van der Waals surface area (Å²) in [6, 6.07) is 2.42. The van der Waals surface area contributed by atoms with E-state index in [0.717, 1.165) is 22.6 Å². The van der Waals surface area contributed by atoms with Crippen molar-refractivity contribution in [2.75, 3.05) is 6.61 Å². The van der Waals surface area contributed by atoms with Gasteiger partial charge in [-0.1, -0.05) is 5.16 Å². The lowest BCUT2D eigenvalue weighted by molar-refractivity contribution is -0.142. The molecule has 0 spiro atoms. The summed E-state index contributed by atoms with van der Waals surface area (Å²) in [6.45, 7) is 7.42. The van der Waals surface area contributed by atoms with Crippen LogP contribution < -0.4 is 0 Å². The number of rotatable bonds is 7. The summed E-state index contributed by atoms with van der Waals surface area (Å²) in [7, 11) is 0. The third kappa shape index (κ3) is 3.67. The van der Waals surface area contributed by atoms with Gasteiger partial charge in [0, 0.05) is 35.0 Å². The Morgan fingerprint density at radius 1 is 1.28 bits per heavy atom. The largest absolute Gasteiger partial charge is 0.457 e. The first kappa shape index (κ1) is 17.5. The first-order chi connectivity index (χ1) is 11.9. The highest BCUT2D eigenvalue weighted by Crippen LogP contribution is 2.38. The number of hydrogen-bond donors (Lipinski definition) is 0. The van der Waals surface area contributed by atoms with Gasteiger partial charge in [-0.15, -0.1) is 0 Å². The summed E-state index contributed by atoms with van der Waals surface area (Å²) in [5, 5.41) is 3.86. The van der Waals surface area contributed by atoms with Crippen molar-refractivity contribution in [2.45, 2.75) is 59.4 Å². The van der Waals surface area contributed by atoms with Crippen molar-refractivity contribution in [3.63, 3.8) is 0 Å². The first-order valence-corrected chi connectivity index (χ1v) is 8.67. The minimum atomic E-state index is -0.385. The van der Waals surface area contributed by atoms with Crippen LogP contribution in [0.3, 0.4) is 0 Å². The van der Waals surface area contributed by atoms with E-state index in [2.05, 4.69) is 9.72 Å². The van der Waals surface area contributed by atoms with Gasteiger partial charge in [0.15, 0.2) is 6.61 Å². The van der Waals surface area contributed by atoms with Crippen LogP contribution in [0.1, 0.15) is 64.1 Å². The standard InChI is InChI=1S/C19H24N2O4/c1-11-9-17(13(3)21(11)15-5-6-15)18(22)10-24-19(23)8-7-16-12(2)20-25-14(16)4/h9,15H,5-8,10H2,1-4H3. The first-order valence-electron chi connectivity index (χ1n) is 8.67. The summed E-state index contributed by atoms with van der Waals surface area (Å²) >= 11 is 0. The van der Waals surface area contributed by atoms with E-state index in [1.165, 1.54) is 12.8 Å². The molecule has 2 aromatic heterocycles. The monoisotopic (exact) mass is 344 g/mol. The zero-order valence-corrected chi connectivity index (χ0v) is 15.2. The average molecular weight is 344 g/mol. The Labute approximate surface area is 147 Å². The van der Waals surface area contributed by atoms with Gasteiger partial charge in [-0.05, 0) is 53.0 Å². The van der Waals surface area contributed by atoms with E-state index in [1.54, 1.807) is 0 Å². The highest BCUT2D eigenvalue weighted by Gasteiger charge is 2.28. The molecule has 0 amide bonds. The van der Waals surface area contributed by atoms with E-state index >= 15 is 0 Å². The number of hydrogen-bond acceptors (Lipinski definition) is 5. The van der Waals surface area contributed by atoms with Crippen LogP contribution in [0.2, 0.25) is 0 Å². The molecule has 0 aromatic carbocycles. The van der Waals surface area contributed by atoms with Gasteiger partial charge < -0.3 is 13.8 Å². The quantitative estimate of drug-likeness (QED) is 0.568. The lowest BCUT2D eigenvalue weighted by Gasteiger charge is -2.08. The SMILES string of the molecule is Cc1noc(C)c1CCC(=O)OCC(=O)c1cc(C)n(C2CC2)c1C. The topological polar surface area (TPSA) is 74.3 Å². The van der Waals surface area contributed by atoms with E-state index in [0.29, 0.717) is 23.8 Å². The summed E-state index contributed by atoms with van der Waals surface area (Å²) < 4.78 is 12.5. The average Bonchev–Trinajstić information content (AvgIpc) is 3.29. The molecule has 0 aliphatic heterocycles. The smallest absolute Gasteiger partial charge is 0.306 e. The Kier molecular flexibility index (Phi) is 4.79. The van der Waals surface area contributed by atoms with Crippen LogP contribution in [0.25, 0.3) is 0 Å². The predicted molar refractivity (Wildman–Crippen MR) is 91.8 cm³/mol. The fourth-order valence-electron chi connectivity index (χ4n) is 3.34. The van der Waals surface area contributed by atoms with Crippen molar-refractivity contribution < 1.29 is 18.8 Å². The molecule has 0 atom stereocenters. The molecule has 6 heteroatoms. The Morgan fingerprint density at radius 3 is 2.60 bits per heavy atom. The number of carbonyl (C=O) groups excluding carboxylic acids is 2. The predicted octanol–water partition coefficient (Wildman–Crippen LogP) is 3.40. The maximum atomic E-state index is 12.4. The minimum Gasteiger partial charge on any atom is -0.457 e. The van der Waals surface area contributed by atoms with E-state index in [9.17, 15) is 9.59 Å². The van der Waals surface area contributed by atoms with Crippen LogP contribution in [0.5, 0.6) is 0 Å². The van der Waals surface area contributed by atoms with Gasteiger partial charge in [0.25, 0.3) is 0 Å². The lowest BCUT2D eigenvalue weighted by atomic mass is 10.1. The number of ketones is 1. The number of aryl methyl sites for hydroxylation is 3. The minimum absolute atomic E-state index is 0.148. The molecule has 1 saturated carbocycles. The van der Waals surface area contributed by atoms with Crippen molar-refractivity contribution in [3.8, 4) is 0 Å². The maximum Gasteiger partial charge on any atom is 0.306 e. The Bertz CT molecular complexity index is 792. The molecule has 1 aliphatic carbocycles. The number of carbonyl (C=O) groups is 2. The summed E-state index contributed by atoms with van der Waals surface area (Å²) in [5.74, 6) is 0.184. The molecule has 3 rings (SSSR count).